The number of hydrogen-bond acceptors (Lipinski definition) is 10. The first-order chi connectivity index (χ1) is 20.2. The Morgan fingerprint density at radius 3 is 2.67 bits per heavy atom. The van der Waals surface area contributed by atoms with Crippen molar-refractivity contribution in [1.82, 2.24) is 4.57 Å². The molecular formula is C29H35N3O7S3. The Hall–Kier alpha value is -3.00. The second-order valence-electron chi connectivity index (χ2n) is 9.73. The van der Waals surface area contributed by atoms with E-state index >= 15 is 0 Å². The van der Waals surface area contributed by atoms with Gasteiger partial charge in [-0.1, -0.05) is 18.3 Å². The van der Waals surface area contributed by atoms with Crippen LogP contribution in [0.4, 0.5) is 5.00 Å². The Labute approximate surface area is 256 Å². The van der Waals surface area contributed by atoms with Gasteiger partial charge in [0.1, 0.15) is 5.00 Å². The minimum atomic E-state index is -0.443. The summed E-state index contributed by atoms with van der Waals surface area (Å²) in [5.74, 6) is -0.984. The van der Waals surface area contributed by atoms with Gasteiger partial charge in [-0.2, -0.15) is 4.99 Å². The van der Waals surface area contributed by atoms with E-state index in [4.69, 9.17) is 14.2 Å². The van der Waals surface area contributed by atoms with Crippen molar-refractivity contribution in [1.29, 1.82) is 0 Å². The zero-order valence-electron chi connectivity index (χ0n) is 24.2. The number of thiophene rings is 1. The standard InChI is InChI=1S/C29H35N3O7S3/c1-5-38-12-11-32-20-10-8-18(27(35)37-4)14-22(20)42-29(32)31-24(34)16-40-15-23(33)30-26-25(28(36)39-6-2)19-9-7-17(3)13-21(19)41-26/h8,10,14,17H,5-7,9,11-13,15-16H2,1-4H3,(H,30,33). The van der Waals surface area contributed by atoms with Gasteiger partial charge < -0.3 is 24.1 Å². The molecule has 1 atom stereocenters. The lowest BCUT2D eigenvalue weighted by Gasteiger charge is -2.18. The molecule has 0 fully saturated rings. The molecule has 0 saturated heterocycles. The maximum absolute atomic E-state index is 12.8. The van der Waals surface area contributed by atoms with Crippen LogP contribution in [0, 0.1) is 5.92 Å². The van der Waals surface area contributed by atoms with E-state index in [0.29, 0.717) is 46.6 Å². The highest BCUT2D eigenvalue weighted by molar-refractivity contribution is 8.00. The van der Waals surface area contributed by atoms with Crippen molar-refractivity contribution in [2.75, 3.05) is 43.8 Å². The molecule has 1 N–H and O–H groups in total. The molecule has 1 aliphatic rings. The first-order valence-electron chi connectivity index (χ1n) is 13.8. The summed E-state index contributed by atoms with van der Waals surface area (Å²) in [4.78, 5) is 56.3. The second-order valence-corrected chi connectivity index (χ2v) is 12.8. The fourth-order valence-electron chi connectivity index (χ4n) is 4.71. The molecule has 10 nitrogen and oxygen atoms in total. The molecule has 0 saturated carbocycles. The molecule has 0 spiro atoms. The van der Waals surface area contributed by atoms with Gasteiger partial charge in [0, 0.05) is 18.0 Å². The van der Waals surface area contributed by atoms with Crippen molar-refractivity contribution < 1.29 is 33.4 Å². The zero-order chi connectivity index (χ0) is 30.2. The van der Waals surface area contributed by atoms with Gasteiger partial charge in [-0.25, -0.2) is 9.59 Å². The summed E-state index contributed by atoms with van der Waals surface area (Å²) in [7, 11) is 1.33. The second kappa shape index (κ2) is 14.9. The van der Waals surface area contributed by atoms with Gasteiger partial charge >= 0.3 is 11.9 Å². The predicted molar refractivity (Wildman–Crippen MR) is 166 cm³/mol. The number of amides is 2. The minimum absolute atomic E-state index is 0.00370. The fourth-order valence-corrected chi connectivity index (χ4v) is 7.84. The Kier molecular flexibility index (Phi) is 11.4. The molecule has 2 amide bonds. The topological polar surface area (TPSA) is 125 Å². The molecular weight excluding hydrogens is 599 g/mol. The molecule has 1 unspecified atom stereocenters. The van der Waals surface area contributed by atoms with E-state index in [1.54, 1.807) is 25.1 Å². The molecule has 42 heavy (non-hydrogen) atoms. The number of esters is 2. The van der Waals surface area contributed by atoms with Gasteiger partial charge in [0.25, 0.3) is 5.91 Å². The first-order valence-corrected chi connectivity index (χ1v) is 16.6. The lowest BCUT2D eigenvalue weighted by Crippen LogP contribution is -2.21. The van der Waals surface area contributed by atoms with Crippen molar-refractivity contribution in [2.24, 2.45) is 10.9 Å². The summed E-state index contributed by atoms with van der Waals surface area (Å²) < 4.78 is 18.3. The van der Waals surface area contributed by atoms with E-state index in [1.165, 1.54) is 29.8 Å². The number of carbonyl (C=O) groups excluding carboxylic acids is 4. The fraction of sp³-hybridized carbons (Fsp3) is 0.483. The predicted octanol–water partition coefficient (Wildman–Crippen LogP) is 4.69. The molecule has 1 aromatic carbocycles. The maximum Gasteiger partial charge on any atom is 0.341 e. The highest BCUT2D eigenvalue weighted by Crippen LogP contribution is 2.40. The number of thioether (sulfide) groups is 1. The molecule has 4 rings (SSSR count). The van der Waals surface area contributed by atoms with Gasteiger partial charge in [0.05, 0.1) is 53.2 Å². The van der Waals surface area contributed by atoms with Gasteiger partial charge in [0.2, 0.25) is 5.91 Å². The SMILES string of the molecule is CCOCCn1c(=NC(=O)CSCC(=O)Nc2sc3c(c2C(=O)OCC)CCC(C)C3)sc2cc(C(=O)OC)ccc21. The summed E-state index contributed by atoms with van der Waals surface area (Å²) in [6, 6.07) is 5.20. The summed E-state index contributed by atoms with van der Waals surface area (Å²) in [5.41, 5.74) is 2.68. The number of fused-ring (bicyclic) bond motifs is 2. The highest BCUT2D eigenvalue weighted by atomic mass is 32.2. The molecule has 0 bridgehead atoms. The zero-order valence-corrected chi connectivity index (χ0v) is 26.6. The number of aromatic nitrogens is 1. The average Bonchev–Trinajstić information content (AvgIpc) is 3.48. The number of rotatable bonds is 12. The lowest BCUT2D eigenvalue weighted by molar-refractivity contribution is -0.115. The van der Waals surface area contributed by atoms with Crippen LogP contribution in [0.3, 0.4) is 0 Å². The molecule has 13 heteroatoms. The van der Waals surface area contributed by atoms with E-state index in [1.807, 2.05) is 11.5 Å². The third-order valence-electron chi connectivity index (χ3n) is 6.69. The number of carbonyl (C=O) groups is 4. The molecule has 0 radical (unpaired) electrons. The van der Waals surface area contributed by atoms with Crippen LogP contribution in [0.5, 0.6) is 0 Å². The van der Waals surface area contributed by atoms with Gasteiger partial charge in [-0.15, -0.1) is 23.1 Å². The van der Waals surface area contributed by atoms with Crippen LogP contribution in [0.25, 0.3) is 10.2 Å². The minimum Gasteiger partial charge on any atom is -0.465 e. The number of nitrogens with one attached hydrogen (secondary N) is 1. The van der Waals surface area contributed by atoms with E-state index < -0.39 is 11.9 Å². The van der Waals surface area contributed by atoms with E-state index in [0.717, 1.165) is 51.7 Å². The van der Waals surface area contributed by atoms with Crippen LogP contribution in [0.2, 0.25) is 0 Å². The van der Waals surface area contributed by atoms with E-state index in [9.17, 15) is 19.2 Å². The quantitative estimate of drug-likeness (QED) is 0.225. The number of methoxy groups -OCH3 is 1. The summed E-state index contributed by atoms with van der Waals surface area (Å²) in [5, 5.41) is 3.40. The highest BCUT2D eigenvalue weighted by Gasteiger charge is 2.29. The van der Waals surface area contributed by atoms with E-state index in [2.05, 4.69) is 17.2 Å². The third-order valence-corrected chi connectivity index (χ3v) is 9.82. The van der Waals surface area contributed by atoms with Crippen LogP contribution in [-0.4, -0.2) is 66.8 Å². The smallest absolute Gasteiger partial charge is 0.341 e. The van der Waals surface area contributed by atoms with Gasteiger partial charge in [-0.3, -0.25) is 9.59 Å². The number of anilines is 1. The van der Waals surface area contributed by atoms with Crippen LogP contribution in [0.15, 0.2) is 23.2 Å². The number of benzene rings is 1. The van der Waals surface area contributed by atoms with Crippen LogP contribution in [-0.2, 0) is 43.2 Å². The van der Waals surface area contributed by atoms with Crippen LogP contribution >= 0.6 is 34.4 Å². The van der Waals surface area contributed by atoms with Crippen molar-refractivity contribution in [3.63, 3.8) is 0 Å². The van der Waals surface area contributed by atoms with Gasteiger partial charge in [-0.05, 0) is 62.8 Å². The van der Waals surface area contributed by atoms with Crippen LogP contribution < -0.4 is 10.1 Å². The van der Waals surface area contributed by atoms with Crippen molar-refractivity contribution in [3.8, 4) is 0 Å². The molecule has 1 aliphatic carbocycles. The number of ether oxygens (including phenoxy) is 3. The normalized spacial score (nSPS) is 15.0. The summed E-state index contributed by atoms with van der Waals surface area (Å²) in [6.45, 7) is 7.60. The van der Waals surface area contributed by atoms with E-state index in [-0.39, 0.29) is 29.9 Å². The molecule has 3 aromatic rings. The maximum atomic E-state index is 12.8. The molecule has 2 aromatic heterocycles. The molecule has 0 aliphatic heterocycles. The van der Waals surface area contributed by atoms with Crippen LogP contribution in [0.1, 0.15) is 58.3 Å². The number of hydrogen-bond donors (Lipinski definition) is 1. The molecule has 2 heterocycles. The average molecular weight is 634 g/mol. The number of thiazole rings is 1. The summed E-state index contributed by atoms with van der Waals surface area (Å²) >= 11 is 3.89. The molecule has 226 valence electrons. The monoisotopic (exact) mass is 633 g/mol. The summed E-state index contributed by atoms with van der Waals surface area (Å²) in [6.07, 6.45) is 2.65. The van der Waals surface area contributed by atoms with Crippen molar-refractivity contribution in [2.45, 2.75) is 46.6 Å². The Morgan fingerprint density at radius 1 is 1.12 bits per heavy atom. The first kappa shape index (κ1) is 31.9. The lowest BCUT2D eigenvalue weighted by atomic mass is 9.88. The Morgan fingerprint density at radius 2 is 1.93 bits per heavy atom. The van der Waals surface area contributed by atoms with Crippen molar-refractivity contribution >= 4 is 73.4 Å². The third kappa shape index (κ3) is 7.68. The Balaban J connectivity index is 1.44. The number of nitrogens with zero attached hydrogens (tertiary/aromatic N) is 2. The van der Waals surface area contributed by atoms with Crippen molar-refractivity contribution in [3.05, 3.63) is 44.6 Å². The Bertz CT molecular complexity index is 1540. The van der Waals surface area contributed by atoms with Gasteiger partial charge in [0.15, 0.2) is 4.80 Å². The largest absolute Gasteiger partial charge is 0.465 e.